The van der Waals surface area contributed by atoms with Crippen molar-refractivity contribution in [3.05, 3.63) is 52.2 Å². The number of aliphatic hydroxyl groups excluding tert-OH is 1. The van der Waals surface area contributed by atoms with Crippen LogP contribution in [0.1, 0.15) is 17.0 Å². The molecule has 124 valence electrons. The molecule has 1 unspecified atom stereocenters. The molecule has 0 radical (unpaired) electrons. The van der Waals surface area contributed by atoms with Gasteiger partial charge in [0.15, 0.2) is 0 Å². The average Bonchev–Trinajstić information content (AvgIpc) is 3.05. The summed E-state index contributed by atoms with van der Waals surface area (Å²) in [5.74, 6) is -0.152. The molecule has 23 heavy (non-hydrogen) atoms. The highest BCUT2D eigenvalue weighted by Gasteiger charge is 2.27. The summed E-state index contributed by atoms with van der Waals surface area (Å²) in [5.41, 5.74) is 0.726. The van der Waals surface area contributed by atoms with E-state index in [9.17, 15) is 9.50 Å². The Labute approximate surface area is 140 Å². The van der Waals surface area contributed by atoms with Crippen LogP contribution in [0.25, 0.3) is 0 Å². The van der Waals surface area contributed by atoms with Gasteiger partial charge in [0.25, 0.3) is 0 Å². The Balaban J connectivity index is 1.64. The van der Waals surface area contributed by atoms with Crippen LogP contribution in [0.3, 0.4) is 0 Å². The van der Waals surface area contributed by atoms with E-state index in [1.807, 2.05) is 23.7 Å². The largest absolute Gasteiger partial charge is 0.396 e. The van der Waals surface area contributed by atoms with Crippen LogP contribution in [0.4, 0.5) is 4.39 Å². The van der Waals surface area contributed by atoms with Gasteiger partial charge in [-0.3, -0.25) is 9.80 Å². The van der Waals surface area contributed by atoms with Crippen molar-refractivity contribution in [1.29, 1.82) is 0 Å². The zero-order chi connectivity index (χ0) is 16.1. The first-order valence-electron chi connectivity index (χ1n) is 7.95. The Bertz CT molecular complexity index is 608. The van der Waals surface area contributed by atoms with E-state index in [-0.39, 0.29) is 18.5 Å². The highest BCUT2D eigenvalue weighted by atomic mass is 32.1. The molecule has 1 fully saturated rings. The van der Waals surface area contributed by atoms with Gasteiger partial charge in [-0.2, -0.15) is 0 Å². The number of rotatable bonds is 6. The van der Waals surface area contributed by atoms with Crippen LogP contribution in [0.15, 0.2) is 35.8 Å². The number of halogens is 1. The summed E-state index contributed by atoms with van der Waals surface area (Å²) in [5, 5.41) is 12.5. The molecule has 6 heteroatoms. The minimum Gasteiger partial charge on any atom is -0.396 e. The van der Waals surface area contributed by atoms with Crippen molar-refractivity contribution in [2.75, 3.05) is 26.2 Å². The van der Waals surface area contributed by atoms with Crippen molar-refractivity contribution < 1.29 is 9.50 Å². The molecule has 1 N–H and O–H groups in total. The fourth-order valence-corrected chi connectivity index (χ4v) is 3.76. The van der Waals surface area contributed by atoms with E-state index < -0.39 is 0 Å². The summed E-state index contributed by atoms with van der Waals surface area (Å²) in [6, 6.07) is 7.18. The second kappa shape index (κ2) is 7.97. The van der Waals surface area contributed by atoms with Crippen molar-refractivity contribution >= 4 is 11.3 Å². The van der Waals surface area contributed by atoms with Crippen LogP contribution in [0.5, 0.6) is 0 Å². The minimum absolute atomic E-state index is 0.152. The van der Waals surface area contributed by atoms with Crippen LogP contribution in [-0.4, -0.2) is 52.2 Å². The highest BCUT2D eigenvalue weighted by molar-refractivity contribution is 7.09. The molecule has 2 aromatic rings. The van der Waals surface area contributed by atoms with Gasteiger partial charge in [-0.05, 0) is 12.5 Å². The smallest absolute Gasteiger partial charge is 0.127 e. The lowest BCUT2D eigenvalue weighted by Crippen LogP contribution is -2.52. The van der Waals surface area contributed by atoms with Crippen LogP contribution in [0.2, 0.25) is 0 Å². The van der Waals surface area contributed by atoms with Gasteiger partial charge >= 0.3 is 0 Å². The van der Waals surface area contributed by atoms with Gasteiger partial charge in [-0.1, -0.05) is 18.2 Å². The summed E-state index contributed by atoms with van der Waals surface area (Å²) < 4.78 is 13.9. The minimum atomic E-state index is -0.152. The predicted molar refractivity (Wildman–Crippen MR) is 89.7 cm³/mol. The lowest BCUT2D eigenvalue weighted by molar-refractivity contribution is 0.0492. The van der Waals surface area contributed by atoms with Gasteiger partial charge in [-0.25, -0.2) is 9.37 Å². The molecule has 4 nitrogen and oxygen atoms in total. The number of aliphatic hydroxyl groups is 1. The topological polar surface area (TPSA) is 39.6 Å². The third-order valence-corrected chi connectivity index (χ3v) is 5.09. The Morgan fingerprint density at radius 3 is 2.87 bits per heavy atom. The van der Waals surface area contributed by atoms with Crippen molar-refractivity contribution in [2.24, 2.45) is 0 Å². The van der Waals surface area contributed by atoms with Gasteiger partial charge in [0.2, 0.25) is 0 Å². The molecule has 1 aromatic carbocycles. The summed E-state index contributed by atoms with van der Waals surface area (Å²) in [6.07, 6.45) is 2.54. The molecule has 0 aliphatic carbocycles. The molecule has 1 aromatic heterocycles. The van der Waals surface area contributed by atoms with Crippen molar-refractivity contribution in [3.63, 3.8) is 0 Å². The monoisotopic (exact) mass is 335 g/mol. The second-order valence-corrected chi connectivity index (χ2v) is 6.87. The lowest BCUT2D eigenvalue weighted by Gasteiger charge is -2.41. The van der Waals surface area contributed by atoms with E-state index in [0.717, 1.165) is 36.8 Å². The number of nitrogens with zero attached hydrogens (tertiary/aromatic N) is 3. The predicted octanol–water partition coefficient (Wildman–Crippen LogP) is 2.35. The number of benzene rings is 1. The van der Waals surface area contributed by atoms with E-state index >= 15 is 0 Å². The standard InChI is InChI=1S/C17H22FN3OS/c18-16-4-2-1-3-14(16)11-21-8-7-20(12-15(21)5-9-22)13-17-19-6-10-23-17/h1-4,6,10,15,22H,5,7-9,11-13H2. The Morgan fingerprint density at radius 2 is 2.13 bits per heavy atom. The molecule has 1 atom stereocenters. The van der Waals surface area contributed by atoms with Gasteiger partial charge in [-0.15, -0.1) is 11.3 Å². The maximum absolute atomic E-state index is 13.9. The fraction of sp³-hybridized carbons (Fsp3) is 0.471. The van der Waals surface area contributed by atoms with Gasteiger partial charge < -0.3 is 5.11 Å². The molecule has 1 aliphatic heterocycles. The Morgan fingerprint density at radius 1 is 1.26 bits per heavy atom. The number of hydrogen-bond donors (Lipinski definition) is 1. The molecule has 0 spiro atoms. The van der Waals surface area contributed by atoms with Crippen molar-refractivity contribution in [1.82, 2.24) is 14.8 Å². The van der Waals surface area contributed by atoms with Crippen molar-refractivity contribution in [3.8, 4) is 0 Å². The van der Waals surface area contributed by atoms with E-state index in [4.69, 9.17) is 0 Å². The van der Waals surface area contributed by atoms with Crippen LogP contribution < -0.4 is 0 Å². The van der Waals surface area contributed by atoms with E-state index in [1.54, 1.807) is 17.4 Å². The Hall–Kier alpha value is -1.34. The second-order valence-electron chi connectivity index (χ2n) is 5.89. The lowest BCUT2D eigenvalue weighted by atomic mass is 10.1. The Kier molecular flexibility index (Phi) is 5.72. The zero-order valence-corrected chi connectivity index (χ0v) is 13.9. The van der Waals surface area contributed by atoms with Gasteiger partial charge in [0.05, 0.1) is 6.54 Å². The van der Waals surface area contributed by atoms with E-state index in [0.29, 0.717) is 13.0 Å². The summed E-state index contributed by atoms with van der Waals surface area (Å²) in [6.45, 7) is 4.31. The number of aromatic nitrogens is 1. The highest BCUT2D eigenvalue weighted by Crippen LogP contribution is 2.20. The average molecular weight is 335 g/mol. The van der Waals surface area contributed by atoms with Crippen LogP contribution in [-0.2, 0) is 13.1 Å². The quantitative estimate of drug-likeness (QED) is 0.880. The SMILES string of the molecule is OCCC1CN(Cc2nccs2)CCN1Cc1ccccc1F. The molecule has 1 saturated heterocycles. The van der Waals surface area contributed by atoms with E-state index in [1.165, 1.54) is 6.07 Å². The molecule has 1 aliphatic rings. The first kappa shape index (κ1) is 16.5. The summed E-state index contributed by atoms with van der Waals surface area (Å²) in [7, 11) is 0. The third kappa shape index (κ3) is 4.35. The zero-order valence-electron chi connectivity index (χ0n) is 13.1. The maximum atomic E-state index is 13.9. The normalized spacial score (nSPS) is 20.0. The molecule has 2 heterocycles. The molecule has 0 amide bonds. The van der Waals surface area contributed by atoms with E-state index in [2.05, 4.69) is 14.8 Å². The molecule has 3 rings (SSSR count). The van der Waals surface area contributed by atoms with Gasteiger partial charge in [0, 0.05) is 56.0 Å². The summed E-state index contributed by atoms with van der Waals surface area (Å²) >= 11 is 1.67. The number of thiazole rings is 1. The first-order valence-corrected chi connectivity index (χ1v) is 8.83. The first-order chi connectivity index (χ1) is 11.3. The van der Waals surface area contributed by atoms with Crippen LogP contribution in [0, 0.1) is 5.82 Å². The summed E-state index contributed by atoms with van der Waals surface area (Å²) in [4.78, 5) is 9.00. The number of piperazine rings is 1. The third-order valence-electron chi connectivity index (χ3n) is 4.32. The molecule has 0 bridgehead atoms. The molecular weight excluding hydrogens is 313 g/mol. The van der Waals surface area contributed by atoms with Crippen LogP contribution >= 0.6 is 11.3 Å². The fourth-order valence-electron chi connectivity index (χ4n) is 3.10. The van der Waals surface area contributed by atoms with Crippen molar-refractivity contribution in [2.45, 2.75) is 25.6 Å². The number of hydrogen-bond acceptors (Lipinski definition) is 5. The maximum Gasteiger partial charge on any atom is 0.127 e. The molecular formula is C17H22FN3OS. The molecule has 0 saturated carbocycles. The van der Waals surface area contributed by atoms with Gasteiger partial charge in [0.1, 0.15) is 10.8 Å².